The van der Waals surface area contributed by atoms with Crippen LogP contribution in [-0.2, 0) is 0 Å². The molecule has 5 rings (SSSR count). The number of piperidine rings is 1. The Morgan fingerprint density at radius 2 is 1.75 bits per heavy atom. The summed E-state index contributed by atoms with van der Waals surface area (Å²) < 4.78 is 1.94. The molecule has 170 valence electrons. The van der Waals surface area contributed by atoms with Gasteiger partial charge in [-0.05, 0) is 50.2 Å². The number of aromatic nitrogens is 3. The van der Waals surface area contributed by atoms with Gasteiger partial charge < -0.3 is 9.80 Å². The van der Waals surface area contributed by atoms with Gasteiger partial charge in [0.2, 0.25) is 0 Å². The van der Waals surface area contributed by atoms with Crippen LogP contribution in [0.15, 0.2) is 42.9 Å². The zero-order chi connectivity index (χ0) is 22.3. The van der Waals surface area contributed by atoms with Gasteiger partial charge in [-0.3, -0.25) is 4.90 Å². The van der Waals surface area contributed by atoms with Gasteiger partial charge in [-0.2, -0.15) is 5.10 Å². The number of piperazine rings is 1. The van der Waals surface area contributed by atoms with Crippen LogP contribution in [0, 0.1) is 0 Å². The molecule has 2 fully saturated rings. The molecule has 0 N–H and O–H groups in total. The lowest BCUT2D eigenvalue weighted by Crippen LogP contribution is -2.52. The maximum atomic E-state index is 4.84. The number of anilines is 1. The van der Waals surface area contributed by atoms with Gasteiger partial charge in [-0.15, -0.1) is 0 Å². The van der Waals surface area contributed by atoms with Crippen molar-refractivity contribution in [3.8, 4) is 11.1 Å². The molecule has 2 aromatic heterocycles. The van der Waals surface area contributed by atoms with Crippen molar-refractivity contribution in [1.29, 1.82) is 0 Å². The lowest BCUT2D eigenvalue weighted by atomic mass is 10.0. The molecule has 0 saturated carbocycles. The predicted molar refractivity (Wildman–Crippen MR) is 138 cm³/mol. The minimum atomic E-state index is -1.31. The van der Waals surface area contributed by atoms with Crippen molar-refractivity contribution in [2.75, 3.05) is 64.5 Å². The fourth-order valence-electron chi connectivity index (χ4n) is 4.96. The Morgan fingerprint density at radius 1 is 1.00 bits per heavy atom. The largest absolute Gasteiger partial charge is 0.369 e. The smallest absolute Gasteiger partial charge is 0.162 e. The van der Waals surface area contributed by atoms with Crippen LogP contribution in [0.3, 0.4) is 0 Å². The zero-order valence-electron chi connectivity index (χ0n) is 19.6. The SMILES string of the molecule is C=P(C)(C)c1cccc(-c2cnn3cc(N4CCC(N5CCN(C)CC5)CC4)cnc23)c1. The van der Waals surface area contributed by atoms with Gasteiger partial charge in [0.15, 0.2) is 5.65 Å². The van der Waals surface area contributed by atoms with Gasteiger partial charge >= 0.3 is 0 Å². The Morgan fingerprint density at radius 3 is 2.47 bits per heavy atom. The fourth-order valence-corrected chi connectivity index (χ4v) is 5.94. The van der Waals surface area contributed by atoms with E-state index in [2.05, 4.69) is 76.9 Å². The molecular weight excluding hydrogens is 415 g/mol. The molecule has 0 bridgehead atoms. The first-order chi connectivity index (χ1) is 15.4. The molecule has 0 atom stereocenters. The normalized spacial score (nSPS) is 19.7. The first kappa shape index (κ1) is 21.7. The van der Waals surface area contributed by atoms with Gasteiger partial charge in [0, 0.05) is 50.9 Å². The van der Waals surface area contributed by atoms with E-state index in [0.29, 0.717) is 0 Å². The summed E-state index contributed by atoms with van der Waals surface area (Å²) in [6.07, 6.45) is 13.0. The number of nitrogens with zero attached hydrogens (tertiary/aromatic N) is 6. The van der Waals surface area contributed by atoms with Crippen molar-refractivity contribution in [2.45, 2.75) is 18.9 Å². The molecule has 0 amide bonds. The minimum absolute atomic E-state index is 0.723. The summed E-state index contributed by atoms with van der Waals surface area (Å²) in [4.78, 5) is 12.4. The van der Waals surface area contributed by atoms with Crippen molar-refractivity contribution in [2.24, 2.45) is 0 Å². The van der Waals surface area contributed by atoms with E-state index >= 15 is 0 Å². The first-order valence-electron chi connectivity index (χ1n) is 11.7. The number of hydrogen-bond donors (Lipinski definition) is 0. The monoisotopic (exact) mass is 450 g/mol. The van der Waals surface area contributed by atoms with Gasteiger partial charge in [0.1, 0.15) is 0 Å². The van der Waals surface area contributed by atoms with Crippen molar-refractivity contribution < 1.29 is 0 Å². The number of fused-ring (bicyclic) bond motifs is 1. The standard InChI is InChI=1S/C25H35N6P/c1-28-12-14-30(15-13-28)21-8-10-29(11-9-21)22-17-26-25-24(18-27-31(25)19-22)20-6-5-7-23(16-20)32(2,3)4/h5-7,16-19,21H,2,8-15H2,1,3-4H3. The van der Waals surface area contributed by atoms with E-state index in [0.717, 1.165) is 30.3 Å². The second kappa shape index (κ2) is 8.66. The third kappa shape index (κ3) is 4.36. The van der Waals surface area contributed by atoms with Crippen LogP contribution in [0.2, 0.25) is 0 Å². The lowest BCUT2D eigenvalue weighted by molar-refractivity contribution is 0.0982. The lowest BCUT2D eigenvalue weighted by Gasteiger charge is -2.42. The Hall–Kier alpha value is -2.14. The summed E-state index contributed by atoms with van der Waals surface area (Å²) in [6.45, 7) is 10.2. The molecule has 6 nitrogen and oxygen atoms in total. The number of hydrogen-bond acceptors (Lipinski definition) is 5. The summed E-state index contributed by atoms with van der Waals surface area (Å²) in [5, 5.41) is 5.97. The summed E-state index contributed by atoms with van der Waals surface area (Å²) in [5.41, 5.74) is 4.34. The van der Waals surface area contributed by atoms with E-state index in [1.165, 1.54) is 55.6 Å². The highest BCUT2D eigenvalue weighted by molar-refractivity contribution is 7.79. The van der Waals surface area contributed by atoms with Gasteiger partial charge in [0.05, 0.1) is 24.3 Å². The molecule has 2 saturated heterocycles. The van der Waals surface area contributed by atoms with E-state index in [1.54, 1.807) is 0 Å². The average Bonchev–Trinajstić information content (AvgIpc) is 3.23. The number of rotatable bonds is 4. The van der Waals surface area contributed by atoms with Gasteiger partial charge in [-0.1, -0.05) is 31.4 Å². The third-order valence-electron chi connectivity index (χ3n) is 7.08. The van der Waals surface area contributed by atoms with Crippen molar-refractivity contribution in [3.05, 3.63) is 42.9 Å². The van der Waals surface area contributed by atoms with Gasteiger partial charge in [0.25, 0.3) is 0 Å². The Bertz CT molecular complexity index is 1130. The molecule has 2 aliphatic heterocycles. The average molecular weight is 451 g/mol. The van der Waals surface area contributed by atoms with Crippen LogP contribution >= 0.6 is 6.89 Å². The van der Waals surface area contributed by atoms with Gasteiger partial charge in [-0.25, -0.2) is 9.50 Å². The van der Waals surface area contributed by atoms with E-state index in [9.17, 15) is 0 Å². The fraction of sp³-hybridized carbons (Fsp3) is 0.480. The Kier molecular flexibility index (Phi) is 5.87. The van der Waals surface area contributed by atoms with Crippen molar-refractivity contribution >= 4 is 29.8 Å². The van der Waals surface area contributed by atoms with Crippen LogP contribution in [0.4, 0.5) is 5.69 Å². The van der Waals surface area contributed by atoms with Crippen LogP contribution < -0.4 is 10.2 Å². The highest BCUT2D eigenvalue weighted by Crippen LogP contribution is 2.35. The van der Waals surface area contributed by atoms with Crippen LogP contribution in [0.25, 0.3) is 16.8 Å². The highest BCUT2D eigenvalue weighted by Gasteiger charge is 2.27. The summed E-state index contributed by atoms with van der Waals surface area (Å²) in [7, 11) is 2.23. The number of benzene rings is 1. The second-order valence-corrected chi connectivity index (χ2v) is 13.8. The summed E-state index contributed by atoms with van der Waals surface area (Å²) in [5.74, 6) is 0. The van der Waals surface area contributed by atoms with Crippen LogP contribution in [0.5, 0.6) is 0 Å². The predicted octanol–water partition coefficient (Wildman–Crippen LogP) is 2.95. The first-order valence-corrected chi connectivity index (χ1v) is 14.6. The quantitative estimate of drug-likeness (QED) is 0.572. The molecular formula is C25H35N6P. The zero-order valence-corrected chi connectivity index (χ0v) is 20.5. The third-order valence-corrected chi connectivity index (χ3v) is 8.76. The topological polar surface area (TPSA) is 39.9 Å². The second-order valence-electron chi connectivity index (χ2n) is 9.93. The maximum Gasteiger partial charge on any atom is 0.162 e. The molecule has 2 aliphatic rings. The highest BCUT2D eigenvalue weighted by atomic mass is 31.2. The van der Waals surface area contributed by atoms with Crippen molar-refractivity contribution in [3.63, 3.8) is 0 Å². The summed E-state index contributed by atoms with van der Waals surface area (Å²) in [6, 6.07) is 9.44. The summed E-state index contributed by atoms with van der Waals surface area (Å²) >= 11 is 0. The molecule has 3 aromatic rings. The molecule has 4 heterocycles. The van der Waals surface area contributed by atoms with Crippen molar-refractivity contribution in [1.82, 2.24) is 24.4 Å². The molecule has 0 aliphatic carbocycles. The Labute approximate surface area is 191 Å². The van der Waals surface area contributed by atoms with E-state index in [1.807, 2.05) is 16.9 Å². The molecule has 0 unspecified atom stereocenters. The number of likely N-dealkylation sites (N-methyl/N-ethyl adjacent to an activating group) is 1. The van der Waals surface area contributed by atoms with E-state index < -0.39 is 6.89 Å². The van der Waals surface area contributed by atoms with Crippen LogP contribution in [0.1, 0.15) is 12.8 Å². The van der Waals surface area contributed by atoms with E-state index in [-0.39, 0.29) is 0 Å². The Balaban J connectivity index is 1.31. The molecule has 7 heteroatoms. The molecule has 32 heavy (non-hydrogen) atoms. The minimum Gasteiger partial charge on any atom is -0.369 e. The molecule has 1 aromatic carbocycles. The van der Waals surface area contributed by atoms with Crippen LogP contribution in [-0.4, -0.2) is 96.4 Å². The molecule has 0 radical (unpaired) electrons. The molecule has 0 spiro atoms. The maximum absolute atomic E-state index is 4.84. The van der Waals surface area contributed by atoms with E-state index in [4.69, 9.17) is 4.98 Å².